The lowest BCUT2D eigenvalue weighted by molar-refractivity contribution is -0.140. The molecule has 1 saturated heterocycles. The van der Waals surface area contributed by atoms with Crippen molar-refractivity contribution in [2.45, 2.75) is 120 Å². The van der Waals surface area contributed by atoms with E-state index in [2.05, 4.69) is 26.7 Å². The molecule has 4 atom stereocenters. The molecule has 18 heteroatoms. The van der Waals surface area contributed by atoms with Gasteiger partial charge in [-0.3, -0.25) is 29.0 Å². The number of esters is 1. The maximum Gasteiger partial charge on any atom is 0.411 e. The van der Waals surface area contributed by atoms with Gasteiger partial charge in [-0.05, 0) is 63.8 Å². The lowest BCUT2D eigenvalue weighted by atomic mass is 10.1. The smallest absolute Gasteiger partial charge is 0.411 e. The van der Waals surface area contributed by atoms with E-state index in [0.717, 1.165) is 24.2 Å². The van der Waals surface area contributed by atoms with Gasteiger partial charge in [0.15, 0.2) is 0 Å². The molecule has 59 heavy (non-hydrogen) atoms. The summed E-state index contributed by atoms with van der Waals surface area (Å²) >= 11 is 0. The Morgan fingerprint density at radius 2 is 1.64 bits per heavy atom. The fraction of sp³-hybridized carbons (Fsp3) is 0.512. The predicted octanol–water partition coefficient (Wildman–Crippen LogP) is 5.06. The molecule has 2 fully saturated rings. The van der Waals surface area contributed by atoms with Crippen LogP contribution in [0.3, 0.4) is 0 Å². The van der Waals surface area contributed by atoms with Crippen molar-refractivity contribution in [2.24, 2.45) is 5.92 Å². The molecule has 5 rings (SSSR count). The molecule has 0 unspecified atom stereocenters. The third kappa shape index (κ3) is 11.2. The largest absolute Gasteiger partial charge is 0.469 e. The van der Waals surface area contributed by atoms with E-state index in [0.29, 0.717) is 30.4 Å². The molecule has 320 valence electrons. The number of para-hydroxylation sites is 1. The normalized spacial score (nSPS) is 20.9. The highest BCUT2D eigenvalue weighted by atomic mass is 32.2. The lowest BCUT2D eigenvalue weighted by Crippen LogP contribution is -2.56. The zero-order chi connectivity index (χ0) is 43.1. The Morgan fingerprint density at radius 3 is 2.31 bits per heavy atom. The lowest BCUT2D eigenvalue weighted by Gasteiger charge is -2.29. The van der Waals surface area contributed by atoms with Crippen molar-refractivity contribution in [1.29, 1.82) is 0 Å². The van der Waals surface area contributed by atoms with E-state index < -0.39 is 75.0 Å². The Bertz CT molecular complexity index is 2070. The van der Waals surface area contributed by atoms with Gasteiger partial charge in [0.2, 0.25) is 11.8 Å². The molecular weight excluding hydrogens is 790 g/mol. The summed E-state index contributed by atoms with van der Waals surface area (Å²) in [7, 11) is -3.28. The van der Waals surface area contributed by atoms with E-state index in [9.17, 15) is 41.6 Å². The molecule has 5 amide bonds. The second-order valence-corrected chi connectivity index (χ2v) is 17.6. The number of ether oxygens (including phenoxy) is 3. The van der Waals surface area contributed by atoms with Crippen molar-refractivity contribution >= 4 is 51.6 Å². The van der Waals surface area contributed by atoms with E-state index in [1.807, 2.05) is 0 Å². The number of carbonyl (C=O) groups excluding carboxylic acids is 6. The number of sulfonamides is 1. The van der Waals surface area contributed by atoms with Crippen molar-refractivity contribution in [2.75, 3.05) is 19.0 Å². The van der Waals surface area contributed by atoms with Crippen LogP contribution in [0.2, 0.25) is 0 Å². The number of amides is 5. The number of nitrogens with one attached hydrogen (secondary N) is 3. The van der Waals surface area contributed by atoms with Gasteiger partial charge in [0.1, 0.15) is 34.0 Å². The van der Waals surface area contributed by atoms with E-state index in [1.165, 1.54) is 48.4 Å². The first-order valence-corrected chi connectivity index (χ1v) is 21.0. The summed E-state index contributed by atoms with van der Waals surface area (Å²) < 4.78 is 59.7. The first-order chi connectivity index (χ1) is 27.9. The standard InChI is InChI=1S/C41H52FN5O11S/c1-6-27-22-41(27,37(51)45-59(54,55)33-18-13-12-17-31(33)43-34(48)19-10-8-7-9-11-20-35(49)56-5)44-36(50)32-21-28(24-47(32)39(53)58-40(2,3)4)57-38(52)46-23-26-15-14-16-30(42)29(26)25-46/h6,12-18,27-28,32H,1,7-11,19-25H2,2-5H3,(H,43,48)(H,44,50)(H,45,51)/t27-,28-,32+,41-/m1/s1. The van der Waals surface area contributed by atoms with Crippen LogP contribution >= 0.6 is 0 Å². The van der Waals surface area contributed by atoms with Crippen molar-refractivity contribution in [3.63, 3.8) is 0 Å². The molecule has 3 aliphatic rings. The zero-order valence-corrected chi connectivity index (χ0v) is 34.5. The SMILES string of the molecule is C=C[C@@H]1C[C@]1(NC(=O)[C@@H]1C[C@@H](OC(=O)N2Cc3cccc(F)c3C2)CN1C(=O)OC(C)(C)C)C(=O)NS(=O)(=O)c1ccccc1NC(=O)CCCCCCCC(=O)OC. The number of nitrogens with zero attached hydrogens (tertiary/aromatic N) is 2. The van der Waals surface area contributed by atoms with Crippen LogP contribution in [0.5, 0.6) is 0 Å². The summed E-state index contributed by atoms with van der Waals surface area (Å²) in [5.74, 6) is -3.72. The molecule has 16 nitrogen and oxygen atoms in total. The average molecular weight is 842 g/mol. The fourth-order valence-electron chi connectivity index (χ4n) is 7.19. The Balaban J connectivity index is 1.23. The van der Waals surface area contributed by atoms with E-state index >= 15 is 0 Å². The van der Waals surface area contributed by atoms with Crippen LogP contribution < -0.4 is 15.4 Å². The summed E-state index contributed by atoms with van der Waals surface area (Å²) in [6, 6.07) is 8.84. The summed E-state index contributed by atoms with van der Waals surface area (Å²) in [5, 5.41) is 5.26. The van der Waals surface area contributed by atoms with Crippen LogP contribution in [0, 0.1) is 11.7 Å². The maximum absolute atomic E-state index is 14.4. The van der Waals surface area contributed by atoms with Crippen LogP contribution in [0.1, 0.15) is 89.7 Å². The van der Waals surface area contributed by atoms with Crippen LogP contribution in [0.25, 0.3) is 0 Å². The Hall–Kier alpha value is -5.52. The number of fused-ring (bicyclic) bond motifs is 1. The number of benzene rings is 2. The molecule has 2 aromatic carbocycles. The highest BCUT2D eigenvalue weighted by Crippen LogP contribution is 2.45. The highest BCUT2D eigenvalue weighted by molar-refractivity contribution is 7.90. The van der Waals surface area contributed by atoms with Gasteiger partial charge in [-0.2, -0.15) is 0 Å². The van der Waals surface area contributed by atoms with Gasteiger partial charge in [-0.15, -0.1) is 6.58 Å². The van der Waals surface area contributed by atoms with E-state index in [-0.39, 0.29) is 55.4 Å². The van der Waals surface area contributed by atoms with Crippen LogP contribution in [0.4, 0.5) is 19.7 Å². The molecule has 0 aromatic heterocycles. The van der Waals surface area contributed by atoms with Gasteiger partial charge in [0, 0.05) is 37.3 Å². The third-order valence-electron chi connectivity index (χ3n) is 10.4. The van der Waals surface area contributed by atoms with Crippen molar-refractivity contribution < 1.29 is 55.8 Å². The van der Waals surface area contributed by atoms with Crippen LogP contribution in [0.15, 0.2) is 60.0 Å². The number of methoxy groups -OCH3 is 1. The van der Waals surface area contributed by atoms with Crippen molar-refractivity contribution in [3.8, 4) is 0 Å². The minimum atomic E-state index is -4.62. The zero-order valence-electron chi connectivity index (χ0n) is 33.7. The minimum Gasteiger partial charge on any atom is -0.469 e. The van der Waals surface area contributed by atoms with Gasteiger partial charge in [-0.1, -0.05) is 49.6 Å². The molecule has 2 aliphatic heterocycles. The molecular formula is C41H52FN5O11S. The molecule has 0 radical (unpaired) electrons. The molecule has 2 heterocycles. The minimum absolute atomic E-state index is 0.00564. The first-order valence-electron chi connectivity index (χ1n) is 19.6. The number of hydrogen-bond acceptors (Lipinski definition) is 11. The second kappa shape index (κ2) is 18.6. The van der Waals surface area contributed by atoms with Crippen LogP contribution in [-0.2, 0) is 56.5 Å². The van der Waals surface area contributed by atoms with Gasteiger partial charge in [0.25, 0.3) is 15.9 Å². The Labute approximate surface area is 343 Å². The number of hydrogen-bond donors (Lipinski definition) is 3. The van der Waals surface area contributed by atoms with Crippen molar-refractivity contribution in [3.05, 3.63) is 72.1 Å². The number of anilines is 1. The first kappa shape index (κ1) is 44.6. The van der Waals surface area contributed by atoms with Gasteiger partial charge < -0.3 is 24.8 Å². The highest BCUT2D eigenvalue weighted by Gasteiger charge is 2.61. The summed E-state index contributed by atoms with van der Waals surface area (Å²) in [5.41, 5.74) is -1.76. The molecule has 3 N–H and O–H groups in total. The van der Waals surface area contributed by atoms with E-state index in [1.54, 1.807) is 32.9 Å². The van der Waals surface area contributed by atoms with Gasteiger partial charge in [0.05, 0.1) is 25.9 Å². The molecule has 1 saturated carbocycles. The number of halogens is 1. The van der Waals surface area contributed by atoms with Crippen LogP contribution in [-0.4, -0.2) is 91.0 Å². The topological polar surface area (TPSA) is 207 Å². The number of unbranched alkanes of at least 4 members (excludes halogenated alkanes) is 4. The third-order valence-corrected chi connectivity index (χ3v) is 11.8. The molecule has 2 aromatic rings. The van der Waals surface area contributed by atoms with E-state index in [4.69, 9.17) is 9.47 Å². The van der Waals surface area contributed by atoms with Crippen molar-refractivity contribution in [1.82, 2.24) is 19.8 Å². The number of likely N-dealkylation sites (tertiary alicyclic amines) is 1. The molecule has 1 aliphatic carbocycles. The molecule has 0 spiro atoms. The summed E-state index contributed by atoms with van der Waals surface area (Å²) in [6.07, 6.45) is 2.56. The number of rotatable bonds is 16. The average Bonchev–Trinajstić information content (AvgIpc) is 3.46. The predicted molar refractivity (Wildman–Crippen MR) is 211 cm³/mol. The molecule has 0 bridgehead atoms. The van der Waals surface area contributed by atoms with Gasteiger partial charge >= 0.3 is 18.2 Å². The maximum atomic E-state index is 14.4. The Morgan fingerprint density at radius 1 is 0.949 bits per heavy atom. The monoisotopic (exact) mass is 841 g/mol. The summed E-state index contributed by atoms with van der Waals surface area (Å²) in [6.45, 7) is 8.51. The fourth-order valence-corrected chi connectivity index (χ4v) is 8.39. The number of carbonyl (C=O) groups is 6. The summed E-state index contributed by atoms with van der Waals surface area (Å²) in [4.78, 5) is 80.6. The quantitative estimate of drug-likeness (QED) is 0.0881. The second-order valence-electron chi connectivity index (χ2n) is 16.0. The van der Waals surface area contributed by atoms with Gasteiger partial charge in [-0.25, -0.2) is 27.1 Å². The Kier molecular flexibility index (Phi) is 14.1.